The number of anilines is 1. The van der Waals surface area contributed by atoms with E-state index in [1.165, 1.54) is 19.2 Å². The molecule has 1 aromatic heterocycles. The second kappa shape index (κ2) is 4.73. The molecule has 2 heterocycles. The zero-order valence-corrected chi connectivity index (χ0v) is 11.5. The molecule has 1 aromatic rings. The molecule has 0 spiro atoms. The summed E-state index contributed by atoms with van der Waals surface area (Å²) >= 11 is 2.80. The molecule has 0 bridgehead atoms. The monoisotopic (exact) mass is 328 g/mol. The molecule has 0 saturated heterocycles. The van der Waals surface area contributed by atoms with Crippen molar-refractivity contribution in [3.63, 3.8) is 0 Å². The van der Waals surface area contributed by atoms with Crippen molar-refractivity contribution >= 4 is 33.6 Å². The summed E-state index contributed by atoms with van der Waals surface area (Å²) in [4.78, 5) is 28.1. The maximum absolute atomic E-state index is 14.3. The van der Waals surface area contributed by atoms with Gasteiger partial charge in [-0.3, -0.25) is 9.69 Å². The van der Waals surface area contributed by atoms with Gasteiger partial charge in [-0.25, -0.2) is 14.2 Å². The minimum atomic E-state index is -2.12. The molecule has 100 valence electrons. The lowest BCUT2D eigenvalue weighted by Crippen LogP contribution is -2.53. The Bertz CT molecular complexity index is 559. The Kier molecular flexibility index (Phi) is 3.40. The average Bonchev–Trinajstić information content (AvgIpc) is 2.35. The Morgan fingerprint density at radius 3 is 2.79 bits per heavy atom. The van der Waals surface area contributed by atoms with Crippen LogP contribution in [0.15, 0.2) is 36.0 Å². The third kappa shape index (κ3) is 2.37. The summed E-state index contributed by atoms with van der Waals surface area (Å²) in [6.07, 6.45) is 2.23. The van der Waals surface area contributed by atoms with Crippen LogP contribution in [0, 0.1) is 0 Å². The van der Waals surface area contributed by atoms with Crippen LogP contribution in [-0.4, -0.2) is 32.6 Å². The van der Waals surface area contributed by atoms with Crippen LogP contribution in [0.1, 0.15) is 6.92 Å². The van der Waals surface area contributed by atoms with Gasteiger partial charge >= 0.3 is 5.97 Å². The largest absolute Gasteiger partial charge is 0.478 e. The summed E-state index contributed by atoms with van der Waals surface area (Å²) in [6.45, 7) is 1.47. The molecule has 19 heavy (non-hydrogen) atoms. The molecule has 0 aliphatic carbocycles. The fourth-order valence-corrected chi connectivity index (χ4v) is 2.24. The molecule has 1 aliphatic rings. The molecule has 0 radical (unpaired) electrons. The normalized spacial score (nSPS) is 27.1. The van der Waals surface area contributed by atoms with E-state index in [1.54, 1.807) is 12.1 Å². The number of carboxylic acid groups (broad SMARTS) is 1. The van der Waals surface area contributed by atoms with Gasteiger partial charge in [0.1, 0.15) is 11.4 Å². The molecule has 7 heteroatoms. The van der Waals surface area contributed by atoms with Crippen molar-refractivity contribution in [1.29, 1.82) is 0 Å². The highest BCUT2D eigenvalue weighted by atomic mass is 79.9. The number of alkyl halides is 2. The van der Waals surface area contributed by atoms with E-state index < -0.39 is 28.1 Å². The molecule has 2 unspecified atom stereocenters. The van der Waals surface area contributed by atoms with Gasteiger partial charge in [-0.15, -0.1) is 0 Å². The number of amides is 1. The Morgan fingerprint density at radius 2 is 2.26 bits per heavy atom. The number of aliphatic carboxylic acids is 1. The Morgan fingerprint density at radius 1 is 1.58 bits per heavy atom. The van der Waals surface area contributed by atoms with Gasteiger partial charge < -0.3 is 5.11 Å². The topological polar surface area (TPSA) is 70.5 Å². The lowest BCUT2D eigenvalue weighted by molar-refractivity contribution is -0.135. The van der Waals surface area contributed by atoms with Gasteiger partial charge in [-0.1, -0.05) is 6.07 Å². The van der Waals surface area contributed by atoms with Crippen molar-refractivity contribution in [3.05, 3.63) is 36.0 Å². The molecule has 1 amide bonds. The number of nitrogens with zero attached hydrogens (tertiary/aromatic N) is 2. The number of carbonyl (C=O) groups excluding carboxylic acids is 1. The van der Waals surface area contributed by atoms with E-state index >= 15 is 0 Å². The van der Waals surface area contributed by atoms with Crippen molar-refractivity contribution in [2.24, 2.45) is 0 Å². The predicted octanol–water partition coefficient (Wildman–Crippen LogP) is 1.89. The zero-order valence-electron chi connectivity index (χ0n) is 9.88. The van der Waals surface area contributed by atoms with E-state index in [9.17, 15) is 14.0 Å². The van der Waals surface area contributed by atoms with Crippen molar-refractivity contribution in [2.75, 3.05) is 4.90 Å². The lowest BCUT2D eigenvalue weighted by Gasteiger charge is -2.37. The fourth-order valence-electron chi connectivity index (χ4n) is 1.80. The van der Waals surface area contributed by atoms with Crippen LogP contribution in [0.5, 0.6) is 0 Å². The van der Waals surface area contributed by atoms with Crippen LogP contribution in [0.4, 0.5) is 10.2 Å². The number of halogens is 2. The third-order valence-electron chi connectivity index (χ3n) is 2.86. The lowest BCUT2D eigenvalue weighted by atomic mass is 10.0. The number of hydrogen-bond acceptors (Lipinski definition) is 3. The van der Waals surface area contributed by atoms with Crippen LogP contribution >= 0.6 is 15.9 Å². The third-order valence-corrected chi connectivity index (χ3v) is 3.75. The highest BCUT2D eigenvalue weighted by molar-refractivity contribution is 9.10. The number of hydrogen-bond donors (Lipinski definition) is 1. The van der Waals surface area contributed by atoms with E-state index in [0.717, 1.165) is 11.0 Å². The second-order valence-electron chi connectivity index (χ2n) is 4.08. The smallest absolute Gasteiger partial charge is 0.341 e. The summed E-state index contributed by atoms with van der Waals surface area (Å²) in [5.74, 6) is -2.06. The van der Waals surface area contributed by atoms with Gasteiger partial charge in [-0.2, -0.15) is 0 Å². The van der Waals surface area contributed by atoms with E-state index in [4.69, 9.17) is 5.11 Å². The van der Waals surface area contributed by atoms with Crippen LogP contribution in [0.25, 0.3) is 0 Å². The van der Waals surface area contributed by atoms with Gasteiger partial charge in [0.2, 0.25) is 4.58 Å². The predicted molar refractivity (Wildman–Crippen MR) is 69.7 cm³/mol. The highest BCUT2D eigenvalue weighted by Gasteiger charge is 2.46. The Labute approximate surface area is 116 Å². The molecule has 5 nitrogen and oxygen atoms in total. The van der Waals surface area contributed by atoms with Crippen LogP contribution in [0.3, 0.4) is 0 Å². The average molecular weight is 329 g/mol. The van der Waals surface area contributed by atoms with E-state index in [0.29, 0.717) is 0 Å². The summed E-state index contributed by atoms with van der Waals surface area (Å²) in [5.41, 5.74) is -0.622. The molecular formula is C12H10BrFN2O3. The number of pyridine rings is 1. The quantitative estimate of drug-likeness (QED) is 0.664. The minimum absolute atomic E-state index is 0.202. The molecule has 2 rings (SSSR count). The summed E-state index contributed by atoms with van der Waals surface area (Å²) in [7, 11) is 0. The number of rotatable bonds is 2. The van der Waals surface area contributed by atoms with Crippen LogP contribution in [-0.2, 0) is 9.59 Å². The Balaban J connectivity index is 2.54. The molecular weight excluding hydrogens is 319 g/mol. The molecule has 0 saturated carbocycles. The maximum Gasteiger partial charge on any atom is 0.341 e. The maximum atomic E-state index is 14.3. The number of carboxylic acids is 1. The van der Waals surface area contributed by atoms with Crippen molar-refractivity contribution < 1.29 is 19.1 Å². The van der Waals surface area contributed by atoms with Gasteiger partial charge in [0.15, 0.2) is 0 Å². The first-order valence-electron chi connectivity index (χ1n) is 5.43. The van der Waals surface area contributed by atoms with Gasteiger partial charge in [0.05, 0.1) is 6.04 Å². The number of carbonyl (C=O) groups is 2. The first kappa shape index (κ1) is 13.7. The zero-order chi connectivity index (χ0) is 14.2. The molecule has 2 atom stereocenters. The standard InChI is InChI=1S/C12H10BrFN2O3/c1-7-12(13,14)6-8(11(18)19)10(17)16(7)9-4-2-3-5-15-9/h2-7H,1H3,(H,18,19). The van der Waals surface area contributed by atoms with Crippen molar-refractivity contribution in [3.8, 4) is 0 Å². The first-order valence-corrected chi connectivity index (χ1v) is 6.22. The molecule has 1 aliphatic heterocycles. The first-order chi connectivity index (χ1) is 8.84. The molecule has 0 aromatic carbocycles. The van der Waals surface area contributed by atoms with Crippen molar-refractivity contribution in [1.82, 2.24) is 4.98 Å². The minimum Gasteiger partial charge on any atom is -0.478 e. The van der Waals surface area contributed by atoms with Crippen LogP contribution in [0.2, 0.25) is 0 Å². The van der Waals surface area contributed by atoms with Gasteiger partial charge in [0.25, 0.3) is 5.91 Å². The highest BCUT2D eigenvalue weighted by Crippen LogP contribution is 2.37. The summed E-state index contributed by atoms with van der Waals surface area (Å²) < 4.78 is 12.2. The SMILES string of the molecule is CC1N(c2ccccn2)C(=O)C(C(=O)O)=CC1(F)Br. The second-order valence-corrected chi connectivity index (χ2v) is 5.29. The van der Waals surface area contributed by atoms with E-state index in [-0.39, 0.29) is 5.82 Å². The Hall–Kier alpha value is -1.76. The summed E-state index contributed by atoms with van der Waals surface area (Å²) in [5, 5.41) is 8.97. The van der Waals surface area contributed by atoms with E-state index in [2.05, 4.69) is 20.9 Å². The fraction of sp³-hybridized carbons (Fsp3) is 0.250. The van der Waals surface area contributed by atoms with E-state index in [1.807, 2.05) is 0 Å². The van der Waals surface area contributed by atoms with Gasteiger partial charge in [0, 0.05) is 6.20 Å². The number of aromatic nitrogens is 1. The molecule has 0 fully saturated rings. The summed E-state index contributed by atoms with van der Waals surface area (Å²) in [6, 6.07) is 3.88. The van der Waals surface area contributed by atoms with Crippen LogP contribution < -0.4 is 4.90 Å². The van der Waals surface area contributed by atoms with Gasteiger partial charge in [-0.05, 0) is 41.1 Å². The molecule has 1 N–H and O–H groups in total. The van der Waals surface area contributed by atoms with Crippen molar-refractivity contribution in [2.45, 2.75) is 17.5 Å².